The molecule has 227 valence electrons. The summed E-state index contributed by atoms with van der Waals surface area (Å²) < 4.78 is 6.09. The third-order valence-corrected chi connectivity index (χ3v) is 8.48. The molecule has 0 N–H and O–H groups in total. The molecule has 1 radical (unpaired) electrons. The zero-order valence-corrected chi connectivity index (χ0v) is 28.6. The molecule has 5 aromatic carbocycles. The molecule has 0 unspecified atom stereocenters. The van der Waals surface area contributed by atoms with E-state index in [-0.39, 0.29) is 20.1 Å². The van der Waals surface area contributed by atoms with Gasteiger partial charge in [-0.15, -0.1) is 64.7 Å². The van der Waals surface area contributed by atoms with E-state index in [0.717, 1.165) is 39.1 Å². The Morgan fingerprint density at radius 1 is 0.609 bits per heavy atom. The molecule has 3 heterocycles. The topological polar surface area (TPSA) is 38.9 Å². The first-order chi connectivity index (χ1) is 22.0. The van der Waals surface area contributed by atoms with Crippen molar-refractivity contribution in [2.24, 2.45) is 0 Å². The standard InChI is InChI=1S/C28H18NO.C14H14N.Ir/c1-18-19(9-6-10-20(18)25-13-4-5-17-29-25)21-11-7-12-23-22(21)15-16-27-28(23)24-8-2-3-14-26(24)30-27;1-10-4-6-13(7-5-10)14-8-11(2)12(3)9-15-14;/h2-9,11-17H,1H3;4-6,8-9H,1-3H3;/q2*-1;. The van der Waals surface area contributed by atoms with E-state index >= 15 is 0 Å². The minimum absolute atomic E-state index is 0. The average molecular weight is 773 g/mol. The first-order valence-electron chi connectivity index (χ1n) is 15.2. The van der Waals surface area contributed by atoms with Crippen molar-refractivity contribution in [1.82, 2.24) is 9.97 Å². The van der Waals surface area contributed by atoms with Gasteiger partial charge in [-0.25, -0.2) is 0 Å². The van der Waals surface area contributed by atoms with E-state index in [4.69, 9.17) is 4.42 Å². The summed E-state index contributed by atoms with van der Waals surface area (Å²) in [6.07, 6.45) is 3.74. The third-order valence-electron chi connectivity index (χ3n) is 8.48. The third kappa shape index (κ3) is 5.90. The number of furan rings is 1. The molecule has 0 saturated heterocycles. The average Bonchev–Trinajstić information content (AvgIpc) is 3.46. The van der Waals surface area contributed by atoms with Gasteiger partial charge in [0.25, 0.3) is 0 Å². The second-order valence-corrected chi connectivity index (χ2v) is 11.5. The van der Waals surface area contributed by atoms with Gasteiger partial charge in [0.2, 0.25) is 0 Å². The molecule has 0 atom stereocenters. The second-order valence-electron chi connectivity index (χ2n) is 11.5. The van der Waals surface area contributed by atoms with Crippen molar-refractivity contribution in [3.8, 4) is 33.6 Å². The summed E-state index contributed by atoms with van der Waals surface area (Å²) >= 11 is 0. The Kier molecular flexibility index (Phi) is 8.94. The van der Waals surface area contributed by atoms with Gasteiger partial charge in [0.15, 0.2) is 0 Å². The zero-order chi connectivity index (χ0) is 30.9. The van der Waals surface area contributed by atoms with E-state index in [1.165, 1.54) is 49.5 Å². The van der Waals surface area contributed by atoms with E-state index in [9.17, 15) is 0 Å². The molecule has 8 aromatic rings. The molecule has 3 nitrogen and oxygen atoms in total. The van der Waals surface area contributed by atoms with Crippen molar-refractivity contribution < 1.29 is 24.5 Å². The number of aromatic nitrogens is 2. The van der Waals surface area contributed by atoms with Gasteiger partial charge < -0.3 is 14.4 Å². The van der Waals surface area contributed by atoms with Crippen LogP contribution in [0.15, 0.2) is 126 Å². The Bertz CT molecular complexity index is 2300. The molecule has 0 bridgehead atoms. The Hall–Kier alpha value is -4.89. The fourth-order valence-electron chi connectivity index (χ4n) is 5.89. The van der Waals surface area contributed by atoms with Crippen molar-refractivity contribution in [2.45, 2.75) is 27.7 Å². The van der Waals surface area contributed by atoms with Crippen molar-refractivity contribution in [1.29, 1.82) is 0 Å². The van der Waals surface area contributed by atoms with Gasteiger partial charge in [-0.05, 0) is 65.3 Å². The van der Waals surface area contributed by atoms with E-state index < -0.39 is 0 Å². The number of fused-ring (bicyclic) bond motifs is 5. The smallest absolute Gasteiger partial charge is 0.136 e. The quantitative estimate of drug-likeness (QED) is 0.168. The first-order valence-corrected chi connectivity index (χ1v) is 15.2. The SMILES string of the molecule is Cc1c(-c2ccccn2)[c-]ccc1-c1cccc2c1ccc1oc3ccccc3c12.Cc1c[c-]c(-c2cc(C)c(C)cn2)cc1.[Ir]. The number of pyridine rings is 2. The minimum Gasteiger partial charge on any atom is -0.456 e. The van der Waals surface area contributed by atoms with Crippen LogP contribution >= 0.6 is 0 Å². The van der Waals surface area contributed by atoms with Crippen LogP contribution in [0.2, 0.25) is 0 Å². The van der Waals surface area contributed by atoms with Crippen LogP contribution in [0, 0.1) is 39.8 Å². The maximum Gasteiger partial charge on any atom is 0.136 e. The molecule has 0 aliphatic carbocycles. The molecule has 0 fully saturated rings. The van der Waals surface area contributed by atoms with Crippen molar-refractivity contribution in [3.05, 3.63) is 156 Å². The normalized spacial score (nSPS) is 10.9. The summed E-state index contributed by atoms with van der Waals surface area (Å²) in [5, 5.41) is 4.76. The molecule has 46 heavy (non-hydrogen) atoms. The van der Waals surface area contributed by atoms with Crippen LogP contribution in [0.3, 0.4) is 0 Å². The summed E-state index contributed by atoms with van der Waals surface area (Å²) in [4.78, 5) is 8.94. The molecule has 0 spiro atoms. The number of para-hydroxylation sites is 1. The van der Waals surface area contributed by atoms with Crippen molar-refractivity contribution in [2.75, 3.05) is 0 Å². The van der Waals surface area contributed by atoms with Gasteiger partial charge in [0, 0.05) is 43.3 Å². The van der Waals surface area contributed by atoms with Gasteiger partial charge >= 0.3 is 0 Å². The Balaban J connectivity index is 0.000000197. The molecule has 0 amide bonds. The number of rotatable bonds is 3. The second kappa shape index (κ2) is 13.2. The van der Waals surface area contributed by atoms with Crippen LogP contribution in [0.5, 0.6) is 0 Å². The maximum atomic E-state index is 6.09. The summed E-state index contributed by atoms with van der Waals surface area (Å²) in [6, 6.07) is 44.0. The number of benzene rings is 5. The van der Waals surface area contributed by atoms with Gasteiger partial charge in [0.05, 0.1) is 0 Å². The Morgan fingerprint density at radius 2 is 1.43 bits per heavy atom. The first kappa shape index (κ1) is 31.1. The predicted octanol–water partition coefficient (Wildman–Crippen LogP) is 11.0. The molecule has 0 saturated carbocycles. The van der Waals surface area contributed by atoms with Crippen LogP contribution < -0.4 is 0 Å². The molecule has 8 rings (SSSR count). The van der Waals surface area contributed by atoms with Crippen molar-refractivity contribution in [3.63, 3.8) is 0 Å². The summed E-state index contributed by atoms with van der Waals surface area (Å²) in [6.45, 7) is 8.40. The predicted molar refractivity (Wildman–Crippen MR) is 186 cm³/mol. The van der Waals surface area contributed by atoms with Crippen molar-refractivity contribution >= 4 is 32.7 Å². The number of nitrogens with zero attached hydrogens (tertiary/aromatic N) is 2. The fraction of sp³-hybridized carbons (Fsp3) is 0.0952. The van der Waals surface area contributed by atoms with Crippen LogP contribution in [0.1, 0.15) is 22.3 Å². The van der Waals surface area contributed by atoms with Gasteiger partial charge in [-0.1, -0.05) is 85.6 Å². The maximum absolute atomic E-state index is 6.09. The monoisotopic (exact) mass is 773 g/mol. The number of aryl methyl sites for hydroxylation is 3. The van der Waals surface area contributed by atoms with E-state index in [1.54, 1.807) is 0 Å². The number of hydrogen-bond acceptors (Lipinski definition) is 3. The molecule has 4 heteroatoms. The zero-order valence-electron chi connectivity index (χ0n) is 26.2. The Labute approximate surface area is 283 Å². The van der Waals surface area contributed by atoms with E-state index in [1.807, 2.05) is 54.9 Å². The van der Waals surface area contributed by atoms with E-state index in [0.29, 0.717) is 0 Å². The summed E-state index contributed by atoms with van der Waals surface area (Å²) in [5.74, 6) is 0. The van der Waals surface area contributed by atoms with Crippen LogP contribution in [-0.2, 0) is 20.1 Å². The molecule has 3 aromatic heterocycles. The Morgan fingerprint density at radius 3 is 2.22 bits per heavy atom. The largest absolute Gasteiger partial charge is 0.456 e. The fourth-order valence-corrected chi connectivity index (χ4v) is 5.89. The van der Waals surface area contributed by atoms with E-state index in [2.05, 4.69) is 117 Å². The molecular weight excluding hydrogens is 741 g/mol. The molecular formula is C42H32IrN2O-2. The number of hydrogen-bond donors (Lipinski definition) is 0. The van der Waals surface area contributed by atoms with Crippen LogP contribution in [-0.4, -0.2) is 9.97 Å². The van der Waals surface area contributed by atoms with Gasteiger partial charge in [0.1, 0.15) is 11.2 Å². The van der Waals surface area contributed by atoms with Gasteiger partial charge in [-0.3, -0.25) is 0 Å². The van der Waals surface area contributed by atoms with Gasteiger partial charge in [-0.2, -0.15) is 0 Å². The van der Waals surface area contributed by atoms with Crippen LogP contribution in [0.25, 0.3) is 66.4 Å². The molecule has 0 aliphatic rings. The molecule has 0 aliphatic heterocycles. The minimum atomic E-state index is 0. The summed E-state index contributed by atoms with van der Waals surface area (Å²) in [5.41, 5.74) is 13.2. The summed E-state index contributed by atoms with van der Waals surface area (Å²) in [7, 11) is 0. The van der Waals surface area contributed by atoms with Crippen LogP contribution in [0.4, 0.5) is 0 Å².